The molecule has 0 bridgehead atoms. The van der Waals surface area contributed by atoms with E-state index in [0.29, 0.717) is 19.0 Å². The highest BCUT2D eigenvalue weighted by Crippen LogP contribution is 2.15. The summed E-state index contributed by atoms with van der Waals surface area (Å²) in [6.45, 7) is -1.65. The number of hydrogen-bond acceptors (Lipinski definition) is 3. The van der Waals surface area contributed by atoms with E-state index in [2.05, 4.69) is 25.2 Å². The third-order valence-corrected chi connectivity index (χ3v) is 3.14. The molecule has 0 aliphatic rings. The average molecular weight is 451 g/mol. The number of halogens is 3. The Hall–Kier alpha value is -1.91. The summed E-state index contributed by atoms with van der Waals surface area (Å²) in [4.78, 5) is 6.14. The fourth-order valence-electron chi connectivity index (χ4n) is 2.07. The maximum Gasteiger partial charge on any atom is 0.387 e. The number of H-pyrrole nitrogens is 1. The summed E-state index contributed by atoms with van der Waals surface area (Å²) in [6, 6.07) is 8.42. The molecule has 0 radical (unpaired) electrons. The summed E-state index contributed by atoms with van der Waals surface area (Å²) in [5, 5.41) is 9.96. The number of alkyl halides is 2. The Morgan fingerprint density at radius 1 is 1.33 bits per heavy atom. The zero-order chi connectivity index (χ0) is 16.7. The molecule has 0 fully saturated rings. The molecule has 0 spiro atoms. The highest BCUT2D eigenvalue weighted by Gasteiger charge is 2.08. The minimum atomic E-state index is -2.81. The first-order chi connectivity index (χ1) is 11.1. The van der Waals surface area contributed by atoms with Gasteiger partial charge in [0.2, 0.25) is 0 Å². The fourth-order valence-corrected chi connectivity index (χ4v) is 2.07. The first-order valence-corrected chi connectivity index (χ1v) is 7.02. The van der Waals surface area contributed by atoms with Crippen LogP contribution in [0.5, 0.6) is 5.75 Å². The van der Waals surface area contributed by atoms with Gasteiger partial charge >= 0.3 is 6.61 Å². The molecule has 9 heteroatoms. The van der Waals surface area contributed by atoms with E-state index >= 15 is 0 Å². The summed E-state index contributed by atoms with van der Waals surface area (Å²) in [5.41, 5.74) is 1.91. The summed E-state index contributed by atoms with van der Waals surface area (Å²) >= 11 is 0. The van der Waals surface area contributed by atoms with Gasteiger partial charge in [-0.15, -0.1) is 24.0 Å². The molecule has 24 heavy (non-hydrogen) atoms. The second-order valence-corrected chi connectivity index (χ2v) is 4.86. The number of nitrogens with one attached hydrogen (secondary N) is 2. The van der Waals surface area contributed by atoms with Gasteiger partial charge in [-0.3, -0.25) is 10.1 Å². The van der Waals surface area contributed by atoms with Crippen LogP contribution in [-0.4, -0.2) is 41.8 Å². The zero-order valence-electron chi connectivity index (χ0n) is 13.4. The molecule has 1 heterocycles. The van der Waals surface area contributed by atoms with E-state index in [-0.39, 0.29) is 29.7 Å². The lowest BCUT2D eigenvalue weighted by Gasteiger charge is -2.22. The molecule has 2 rings (SSSR count). The van der Waals surface area contributed by atoms with Gasteiger partial charge in [0.05, 0.1) is 12.2 Å². The van der Waals surface area contributed by atoms with E-state index in [1.165, 1.54) is 12.1 Å². The number of aliphatic imine (C=N–C) groups is 1. The van der Waals surface area contributed by atoms with Crippen molar-refractivity contribution >= 4 is 29.9 Å². The van der Waals surface area contributed by atoms with Crippen molar-refractivity contribution in [2.24, 2.45) is 4.99 Å². The van der Waals surface area contributed by atoms with Crippen LogP contribution in [0.3, 0.4) is 0 Å². The van der Waals surface area contributed by atoms with E-state index in [1.54, 1.807) is 25.4 Å². The minimum Gasteiger partial charge on any atom is -0.435 e. The molecule has 1 aromatic heterocycles. The summed E-state index contributed by atoms with van der Waals surface area (Å²) < 4.78 is 28.6. The SMILES string of the molecule is CN=C(NCc1ccn[nH]1)N(C)Cc1ccc(OC(F)F)cc1.I. The molecule has 0 saturated carbocycles. The number of aromatic nitrogens is 2. The number of guanidine groups is 1. The molecule has 0 atom stereocenters. The van der Waals surface area contributed by atoms with Gasteiger partial charge in [-0.25, -0.2) is 0 Å². The molecule has 2 aromatic rings. The number of aromatic amines is 1. The highest BCUT2D eigenvalue weighted by molar-refractivity contribution is 14.0. The van der Waals surface area contributed by atoms with Crippen LogP contribution < -0.4 is 10.1 Å². The summed E-state index contributed by atoms with van der Waals surface area (Å²) in [5.74, 6) is 0.862. The largest absolute Gasteiger partial charge is 0.435 e. The Bertz CT molecular complexity index is 619. The second-order valence-electron chi connectivity index (χ2n) is 4.86. The van der Waals surface area contributed by atoms with Gasteiger partial charge in [0.25, 0.3) is 0 Å². The molecular formula is C15H20F2IN5O. The van der Waals surface area contributed by atoms with Crippen LogP contribution in [0.1, 0.15) is 11.3 Å². The van der Waals surface area contributed by atoms with Crippen LogP contribution in [0.2, 0.25) is 0 Å². The Morgan fingerprint density at radius 2 is 2.04 bits per heavy atom. The van der Waals surface area contributed by atoms with Crippen molar-refractivity contribution in [2.75, 3.05) is 14.1 Å². The Balaban J connectivity index is 0.00000288. The van der Waals surface area contributed by atoms with Crippen molar-refractivity contribution in [1.82, 2.24) is 20.4 Å². The van der Waals surface area contributed by atoms with Crippen LogP contribution in [0.25, 0.3) is 0 Å². The molecule has 0 unspecified atom stereocenters. The van der Waals surface area contributed by atoms with E-state index in [4.69, 9.17) is 0 Å². The first kappa shape index (κ1) is 20.1. The van der Waals surface area contributed by atoms with Crippen molar-refractivity contribution in [3.05, 3.63) is 47.8 Å². The van der Waals surface area contributed by atoms with Crippen molar-refractivity contribution in [3.8, 4) is 5.75 Å². The number of benzene rings is 1. The summed E-state index contributed by atoms with van der Waals surface area (Å²) in [7, 11) is 3.59. The maximum absolute atomic E-state index is 12.1. The van der Waals surface area contributed by atoms with Gasteiger partial charge in [-0.05, 0) is 23.8 Å². The number of rotatable bonds is 6. The lowest BCUT2D eigenvalue weighted by atomic mass is 10.2. The van der Waals surface area contributed by atoms with Gasteiger partial charge in [0.1, 0.15) is 5.75 Å². The quantitative estimate of drug-likeness (QED) is 0.403. The van der Waals surface area contributed by atoms with Crippen molar-refractivity contribution in [3.63, 3.8) is 0 Å². The molecule has 0 saturated heterocycles. The van der Waals surface area contributed by atoms with E-state index in [0.717, 1.165) is 11.3 Å². The third-order valence-electron chi connectivity index (χ3n) is 3.14. The molecule has 2 N–H and O–H groups in total. The molecule has 132 valence electrons. The topological polar surface area (TPSA) is 65.5 Å². The van der Waals surface area contributed by atoms with Crippen molar-refractivity contribution in [1.29, 1.82) is 0 Å². The van der Waals surface area contributed by atoms with Crippen LogP contribution in [0, 0.1) is 0 Å². The van der Waals surface area contributed by atoms with Crippen LogP contribution in [0.4, 0.5) is 8.78 Å². The Morgan fingerprint density at radius 3 is 2.58 bits per heavy atom. The van der Waals surface area contributed by atoms with Crippen LogP contribution in [0.15, 0.2) is 41.5 Å². The van der Waals surface area contributed by atoms with E-state index in [9.17, 15) is 8.78 Å². The van der Waals surface area contributed by atoms with Crippen molar-refractivity contribution in [2.45, 2.75) is 19.7 Å². The van der Waals surface area contributed by atoms with Gasteiger partial charge in [0, 0.05) is 26.8 Å². The number of ether oxygens (including phenoxy) is 1. The first-order valence-electron chi connectivity index (χ1n) is 7.02. The zero-order valence-corrected chi connectivity index (χ0v) is 15.7. The van der Waals surface area contributed by atoms with E-state index in [1.807, 2.05) is 18.0 Å². The lowest BCUT2D eigenvalue weighted by molar-refractivity contribution is -0.0498. The molecular weight excluding hydrogens is 431 g/mol. The Kier molecular flexibility index (Phi) is 8.44. The maximum atomic E-state index is 12.1. The monoisotopic (exact) mass is 451 g/mol. The standard InChI is InChI=1S/C15H19F2N5O.HI/c1-18-15(19-9-12-7-8-20-21-12)22(2)10-11-3-5-13(6-4-11)23-14(16)17;/h3-8,14H,9-10H2,1-2H3,(H,18,19)(H,20,21);1H. The van der Waals surface area contributed by atoms with Gasteiger partial charge < -0.3 is 15.0 Å². The lowest BCUT2D eigenvalue weighted by Crippen LogP contribution is -2.38. The highest BCUT2D eigenvalue weighted by atomic mass is 127. The minimum absolute atomic E-state index is 0. The normalized spacial score (nSPS) is 11.1. The predicted molar refractivity (Wildman–Crippen MR) is 98.7 cm³/mol. The molecule has 0 amide bonds. The fraction of sp³-hybridized carbons (Fsp3) is 0.333. The molecule has 6 nitrogen and oxygen atoms in total. The molecule has 1 aromatic carbocycles. The average Bonchev–Trinajstić information content (AvgIpc) is 3.03. The Labute approximate surface area is 156 Å². The summed E-state index contributed by atoms with van der Waals surface area (Å²) in [6.07, 6.45) is 1.69. The predicted octanol–water partition coefficient (Wildman–Crippen LogP) is 2.84. The van der Waals surface area contributed by atoms with Crippen LogP contribution >= 0.6 is 24.0 Å². The number of hydrogen-bond donors (Lipinski definition) is 2. The van der Waals surface area contributed by atoms with Crippen molar-refractivity contribution < 1.29 is 13.5 Å². The number of nitrogens with zero attached hydrogens (tertiary/aromatic N) is 3. The molecule has 0 aliphatic carbocycles. The van der Waals surface area contributed by atoms with Gasteiger partial charge in [0.15, 0.2) is 5.96 Å². The molecule has 0 aliphatic heterocycles. The van der Waals surface area contributed by atoms with Gasteiger partial charge in [-0.2, -0.15) is 13.9 Å². The van der Waals surface area contributed by atoms with E-state index < -0.39 is 6.61 Å². The second kappa shape index (κ2) is 10.1. The smallest absolute Gasteiger partial charge is 0.387 e. The van der Waals surface area contributed by atoms with Gasteiger partial charge in [-0.1, -0.05) is 12.1 Å². The van der Waals surface area contributed by atoms with Crippen LogP contribution in [-0.2, 0) is 13.1 Å². The third kappa shape index (κ3) is 6.30.